The Balaban J connectivity index is 1.80. The lowest BCUT2D eigenvalue weighted by molar-refractivity contribution is 0.324. The summed E-state index contributed by atoms with van der Waals surface area (Å²) in [5.41, 5.74) is 2.57. The lowest BCUT2D eigenvalue weighted by Crippen LogP contribution is -1.96. The molecule has 4 rings (SSSR count). The van der Waals surface area contributed by atoms with Gasteiger partial charge in [-0.3, -0.25) is 5.10 Å². The average Bonchev–Trinajstić information content (AvgIpc) is 3.41. The molecule has 0 aliphatic rings. The first-order valence-electron chi connectivity index (χ1n) is 8.64. The molecule has 0 unspecified atom stereocenters. The van der Waals surface area contributed by atoms with Crippen LogP contribution in [0.2, 0.25) is 0 Å². The minimum atomic E-state index is 0.342. The highest BCUT2D eigenvalue weighted by Gasteiger charge is 2.20. The fourth-order valence-corrected chi connectivity index (χ4v) is 3.67. The van der Waals surface area contributed by atoms with Crippen LogP contribution in [-0.4, -0.2) is 51.3 Å². The van der Waals surface area contributed by atoms with Crippen LogP contribution in [0.3, 0.4) is 0 Å². The fraction of sp³-hybridized carbons (Fsp3) is 0.333. The van der Waals surface area contributed by atoms with Gasteiger partial charge in [0.25, 0.3) is 0 Å². The van der Waals surface area contributed by atoms with E-state index in [1.54, 1.807) is 25.8 Å². The van der Waals surface area contributed by atoms with Crippen molar-refractivity contribution in [3.8, 4) is 39.3 Å². The van der Waals surface area contributed by atoms with Gasteiger partial charge in [-0.1, -0.05) is 25.2 Å². The third kappa shape index (κ3) is 2.95. The van der Waals surface area contributed by atoms with Crippen LogP contribution in [0.1, 0.15) is 25.5 Å². The summed E-state index contributed by atoms with van der Waals surface area (Å²) >= 11 is 1.42. The molecule has 0 fully saturated rings. The molecule has 146 valence electrons. The van der Waals surface area contributed by atoms with E-state index in [0.29, 0.717) is 39.6 Å². The van der Waals surface area contributed by atoms with Crippen molar-refractivity contribution in [1.82, 2.24) is 30.0 Å². The van der Waals surface area contributed by atoms with Gasteiger partial charge in [-0.15, -0.1) is 10.2 Å². The Hall–Kier alpha value is -3.14. The third-order valence-corrected chi connectivity index (χ3v) is 5.30. The number of ether oxygens (including phenoxy) is 3. The van der Waals surface area contributed by atoms with Crippen LogP contribution in [0.25, 0.3) is 27.1 Å². The Bertz CT molecular complexity index is 1100. The molecule has 0 aliphatic carbocycles. The molecule has 3 heterocycles. The van der Waals surface area contributed by atoms with Gasteiger partial charge in [-0.2, -0.15) is 14.7 Å². The predicted octanol–water partition coefficient (Wildman–Crippen LogP) is 3.39. The first kappa shape index (κ1) is 18.2. The van der Waals surface area contributed by atoms with Crippen LogP contribution < -0.4 is 14.2 Å². The lowest BCUT2D eigenvalue weighted by Gasteiger charge is -2.13. The maximum Gasteiger partial charge on any atom is 0.235 e. The summed E-state index contributed by atoms with van der Waals surface area (Å²) in [5.74, 6) is 2.60. The second kappa shape index (κ2) is 7.12. The molecule has 10 heteroatoms. The van der Waals surface area contributed by atoms with Crippen LogP contribution in [0.15, 0.2) is 18.2 Å². The minimum Gasteiger partial charge on any atom is -0.493 e. The van der Waals surface area contributed by atoms with Gasteiger partial charge in [0.05, 0.1) is 21.3 Å². The van der Waals surface area contributed by atoms with Gasteiger partial charge < -0.3 is 14.2 Å². The van der Waals surface area contributed by atoms with Crippen molar-refractivity contribution in [1.29, 1.82) is 0 Å². The molecule has 9 nitrogen and oxygen atoms in total. The molecule has 0 bridgehead atoms. The molecule has 4 aromatic rings. The maximum absolute atomic E-state index is 5.44. The number of nitrogens with one attached hydrogen (secondary N) is 1. The van der Waals surface area contributed by atoms with E-state index in [-0.39, 0.29) is 0 Å². The van der Waals surface area contributed by atoms with E-state index in [0.717, 1.165) is 16.3 Å². The van der Waals surface area contributed by atoms with E-state index < -0.39 is 0 Å². The second-order valence-corrected chi connectivity index (χ2v) is 7.36. The monoisotopic (exact) mass is 400 g/mol. The van der Waals surface area contributed by atoms with Gasteiger partial charge in [0.2, 0.25) is 16.5 Å². The summed E-state index contributed by atoms with van der Waals surface area (Å²) in [4.78, 5) is 0.674. The average molecular weight is 400 g/mol. The Morgan fingerprint density at radius 1 is 1.00 bits per heavy atom. The number of methoxy groups -OCH3 is 3. The summed E-state index contributed by atoms with van der Waals surface area (Å²) in [6, 6.07) is 5.69. The van der Waals surface area contributed by atoms with Gasteiger partial charge in [-0.05, 0) is 24.1 Å². The summed E-state index contributed by atoms with van der Waals surface area (Å²) in [6.07, 6.45) is 0. The Morgan fingerprint density at radius 2 is 1.71 bits per heavy atom. The number of rotatable bonds is 6. The molecule has 0 saturated carbocycles. The van der Waals surface area contributed by atoms with E-state index in [1.807, 2.05) is 18.2 Å². The normalized spacial score (nSPS) is 11.4. The van der Waals surface area contributed by atoms with Crippen LogP contribution >= 0.6 is 11.3 Å². The van der Waals surface area contributed by atoms with Crippen molar-refractivity contribution < 1.29 is 14.2 Å². The van der Waals surface area contributed by atoms with Gasteiger partial charge in [0.1, 0.15) is 10.7 Å². The number of fused-ring (bicyclic) bond motifs is 1. The zero-order chi connectivity index (χ0) is 19.8. The van der Waals surface area contributed by atoms with E-state index in [2.05, 4.69) is 39.3 Å². The van der Waals surface area contributed by atoms with Gasteiger partial charge in [0.15, 0.2) is 11.5 Å². The number of H-pyrrole nitrogens is 1. The Labute approximate surface area is 165 Å². The van der Waals surface area contributed by atoms with Crippen LogP contribution in [0.5, 0.6) is 17.2 Å². The number of aromatic nitrogens is 6. The highest BCUT2D eigenvalue weighted by Crippen LogP contribution is 2.42. The Morgan fingerprint density at radius 3 is 2.29 bits per heavy atom. The topological polar surface area (TPSA) is 99.5 Å². The first-order valence-corrected chi connectivity index (χ1v) is 9.45. The second-order valence-electron chi connectivity index (χ2n) is 6.40. The van der Waals surface area contributed by atoms with Gasteiger partial charge in [-0.25, -0.2) is 0 Å². The summed E-state index contributed by atoms with van der Waals surface area (Å²) in [7, 11) is 4.74. The van der Waals surface area contributed by atoms with Crippen molar-refractivity contribution in [2.75, 3.05) is 21.3 Å². The third-order valence-electron chi connectivity index (χ3n) is 4.35. The highest BCUT2D eigenvalue weighted by molar-refractivity contribution is 7.19. The van der Waals surface area contributed by atoms with Crippen LogP contribution in [0, 0.1) is 0 Å². The van der Waals surface area contributed by atoms with E-state index >= 15 is 0 Å². The predicted molar refractivity (Wildman–Crippen MR) is 105 cm³/mol. The maximum atomic E-state index is 5.44. The SMILES string of the molecule is COc1cc(-c2nn3c(-c4cc(C(C)C)[nH]n4)nnc3s2)cc(OC)c1OC. The molecule has 0 amide bonds. The molecule has 0 atom stereocenters. The van der Waals surface area contributed by atoms with E-state index in [1.165, 1.54) is 11.3 Å². The van der Waals surface area contributed by atoms with Crippen molar-refractivity contribution in [3.05, 3.63) is 23.9 Å². The zero-order valence-electron chi connectivity index (χ0n) is 16.2. The molecular formula is C18H20N6O3S. The number of nitrogens with zero attached hydrogens (tertiary/aromatic N) is 5. The van der Waals surface area contributed by atoms with Gasteiger partial charge in [0, 0.05) is 11.3 Å². The van der Waals surface area contributed by atoms with Crippen molar-refractivity contribution >= 4 is 16.3 Å². The van der Waals surface area contributed by atoms with Crippen molar-refractivity contribution in [2.24, 2.45) is 0 Å². The standard InChI is InChI=1S/C18H20N6O3S/c1-9(2)11-8-12(20-19-11)16-21-22-18-24(16)23-17(28-18)10-6-13(25-3)15(27-5)14(7-10)26-4/h6-9H,1-5H3,(H,19,20). The molecule has 1 aromatic carbocycles. The molecule has 1 N–H and O–H groups in total. The van der Waals surface area contributed by atoms with Crippen LogP contribution in [-0.2, 0) is 0 Å². The Kier molecular flexibility index (Phi) is 4.63. The van der Waals surface area contributed by atoms with Crippen molar-refractivity contribution in [2.45, 2.75) is 19.8 Å². The minimum absolute atomic E-state index is 0.342. The molecule has 0 spiro atoms. The molecule has 3 aromatic heterocycles. The summed E-state index contributed by atoms with van der Waals surface area (Å²) < 4.78 is 18.0. The molecular weight excluding hydrogens is 380 g/mol. The molecule has 0 radical (unpaired) electrons. The molecule has 0 saturated heterocycles. The van der Waals surface area contributed by atoms with Crippen LogP contribution in [0.4, 0.5) is 0 Å². The molecule has 0 aliphatic heterocycles. The zero-order valence-corrected chi connectivity index (χ0v) is 17.0. The smallest absolute Gasteiger partial charge is 0.235 e. The first-order chi connectivity index (χ1) is 13.5. The fourth-order valence-electron chi connectivity index (χ4n) is 2.84. The number of hydrogen-bond donors (Lipinski definition) is 1. The quantitative estimate of drug-likeness (QED) is 0.529. The van der Waals surface area contributed by atoms with E-state index in [9.17, 15) is 0 Å². The summed E-state index contributed by atoms with van der Waals surface area (Å²) in [6.45, 7) is 4.20. The van der Waals surface area contributed by atoms with E-state index in [4.69, 9.17) is 14.2 Å². The largest absolute Gasteiger partial charge is 0.493 e. The number of aromatic amines is 1. The molecule has 28 heavy (non-hydrogen) atoms. The number of benzene rings is 1. The van der Waals surface area contributed by atoms with Crippen molar-refractivity contribution in [3.63, 3.8) is 0 Å². The summed E-state index contributed by atoms with van der Waals surface area (Å²) in [5, 5.41) is 21.3. The highest BCUT2D eigenvalue weighted by atomic mass is 32.1. The lowest BCUT2D eigenvalue weighted by atomic mass is 10.1. The van der Waals surface area contributed by atoms with Gasteiger partial charge >= 0.3 is 0 Å². The number of hydrogen-bond acceptors (Lipinski definition) is 8.